The van der Waals surface area contributed by atoms with E-state index in [2.05, 4.69) is 20.2 Å². The quantitative estimate of drug-likeness (QED) is 0.205. The van der Waals surface area contributed by atoms with E-state index >= 15 is 0 Å². The topological polar surface area (TPSA) is 144 Å². The maximum atomic E-state index is 13.8. The lowest BCUT2D eigenvalue weighted by Crippen LogP contribution is -2.13. The minimum absolute atomic E-state index is 0.0414. The third-order valence-electron chi connectivity index (χ3n) is 6.24. The molecule has 4 N–H and O–H groups in total. The molecule has 0 aliphatic rings. The second kappa shape index (κ2) is 11.7. The lowest BCUT2D eigenvalue weighted by molar-refractivity contribution is 0.399. The largest absolute Gasteiger partial charge is 0.480 e. The van der Waals surface area contributed by atoms with Crippen molar-refractivity contribution in [2.45, 2.75) is 13.1 Å². The first kappa shape index (κ1) is 27.1. The first-order chi connectivity index (χ1) is 19.9. The van der Waals surface area contributed by atoms with Crippen molar-refractivity contribution in [2.24, 2.45) is 5.73 Å². The van der Waals surface area contributed by atoms with Gasteiger partial charge < -0.3 is 10.5 Å². The number of methoxy groups -OCH3 is 1. The van der Waals surface area contributed by atoms with Gasteiger partial charge in [-0.25, -0.2) is 28.1 Å². The van der Waals surface area contributed by atoms with Crippen molar-refractivity contribution in [1.29, 1.82) is 10.8 Å². The first-order valence-electron chi connectivity index (χ1n) is 12.4. The van der Waals surface area contributed by atoms with Crippen molar-refractivity contribution in [3.63, 3.8) is 0 Å². The molecular weight excluding hydrogens is 528 g/mol. The highest BCUT2D eigenvalue weighted by Gasteiger charge is 2.17. The summed E-state index contributed by atoms with van der Waals surface area (Å²) in [4.78, 5) is 8.51. The number of hydrogen-bond acceptors (Lipinski definition) is 7. The molecule has 4 aromatic heterocycles. The Kier molecular flexibility index (Phi) is 7.72. The second-order valence-corrected chi connectivity index (χ2v) is 8.89. The third kappa shape index (κ3) is 5.62. The summed E-state index contributed by atoms with van der Waals surface area (Å²) in [5.74, 6) is -0.757. The molecule has 0 amide bonds. The van der Waals surface area contributed by atoms with Gasteiger partial charge in [-0.05, 0) is 36.4 Å². The average molecular weight is 554 g/mol. The molecule has 6 rings (SSSR count). The van der Waals surface area contributed by atoms with Crippen molar-refractivity contribution in [1.82, 2.24) is 29.5 Å². The van der Waals surface area contributed by atoms with Crippen molar-refractivity contribution in [3.05, 3.63) is 119 Å². The Morgan fingerprint density at radius 1 is 0.732 bits per heavy atom. The highest BCUT2D eigenvalue weighted by atomic mass is 19.1. The summed E-state index contributed by atoms with van der Waals surface area (Å²) in [6.07, 6.45) is 3.27. The first-order valence-corrected chi connectivity index (χ1v) is 12.4. The van der Waals surface area contributed by atoms with E-state index in [9.17, 15) is 8.78 Å². The van der Waals surface area contributed by atoms with E-state index in [1.165, 1.54) is 19.2 Å². The Balaban J connectivity index is 0.000000165. The molecule has 0 bridgehead atoms. The zero-order valence-corrected chi connectivity index (χ0v) is 21.9. The number of fused-ring (bicyclic) bond motifs is 2. The number of hydrogen-bond donors (Lipinski definition) is 3. The van der Waals surface area contributed by atoms with Crippen molar-refractivity contribution in [3.8, 4) is 0 Å². The van der Waals surface area contributed by atoms with Crippen LogP contribution in [0.25, 0.3) is 22.1 Å². The Hall–Kier alpha value is -5.52. The summed E-state index contributed by atoms with van der Waals surface area (Å²) in [5.41, 5.74) is 8.49. The Morgan fingerprint density at radius 2 is 1.20 bits per heavy atom. The molecule has 0 aliphatic carbocycles. The van der Waals surface area contributed by atoms with Crippen LogP contribution in [-0.4, -0.2) is 48.4 Å². The van der Waals surface area contributed by atoms with Crippen LogP contribution in [0.5, 0.6) is 0 Å². The van der Waals surface area contributed by atoms with Crippen LogP contribution in [0, 0.1) is 22.5 Å². The molecule has 10 nitrogen and oxygen atoms in total. The highest BCUT2D eigenvalue weighted by molar-refractivity contribution is 6.04. The van der Waals surface area contributed by atoms with Gasteiger partial charge in [0.2, 0.25) is 5.90 Å². The molecule has 0 radical (unpaired) electrons. The molecule has 0 fully saturated rings. The zero-order chi connectivity index (χ0) is 28.9. The molecule has 12 heteroatoms. The molecule has 0 saturated heterocycles. The SMILES string of the molecule is COC(=N)c1nn(Cc2ccccc2F)c2ncccc12.N=C(N)c1nn(Cc2ccccc2F)c2ncccc12. The van der Waals surface area contributed by atoms with Gasteiger partial charge in [0.15, 0.2) is 17.0 Å². The fourth-order valence-corrected chi connectivity index (χ4v) is 4.28. The third-order valence-corrected chi connectivity index (χ3v) is 6.24. The molecule has 0 atom stereocenters. The number of nitrogen functional groups attached to an aromatic ring is 1. The van der Waals surface area contributed by atoms with E-state index in [0.717, 1.165) is 0 Å². The number of ether oxygens (including phenoxy) is 1. The predicted molar refractivity (Wildman–Crippen MR) is 151 cm³/mol. The van der Waals surface area contributed by atoms with Crippen LogP contribution in [0.4, 0.5) is 8.78 Å². The van der Waals surface area contributed by atoms with E-state index in [-0.39, 0.29) is 36.5 Å². The van der Waals surface area contributed by atoms with Crippen LogP contribution >= 0.6 is 0 Å². The van der Waals surface area contributed by atoms with Gasteiger partial charge in [0.05, 0.1) is 31.0 Å². The van der Waals surface area contributed by atoms with Crippen LogP contribution in [-0.2, 0) is 17.8 Å². The molecule has 2 aromatic carbocycles. The van der Waals surface area contributed by atoms with Gasteiger partial charge in [0, 0.05) is 23.5 Å². The van der Waals surface area contributed by atoms with Gasteiger partial charge in [0.1, 0.15) is 23.2 Å². The molecule has 0 unspecified atom stereocenters. The van der Waals surface area contributed by atoms with Crippen molar-refractivity contribution in [2.75, 3.05) is 7.11 Å². The summed E-state index contributed by atoms with van der Waals surface area (Å²) in [6, 6.07) is 20.2. The lowest BCUT2D eigenvalue weighted by atomic mass is 10.2. The molecule has 0 saturated carbocycles. The summed E-state index contributed by atoms with van der Waals surface area (Å²) >= 11 is 0. The molecule has 0 aliphatic heterocycles. The molecule has 0 spiro atoms. The number of amidine groups is 1. The summed E-state index contributed by atoms with van der Waals surface area (Å²) < 4.78 is 35.6. The fourth-order valence-electron chi connectivity index (χ4n) is 4.28. The van der Waals surface area contributed by atoms with Crippen LogP contribution in [0.3, 0.4) is 0 Å². The lowest BCUT2D eigenvalue weighted by Gasteiger charge is -2.04. The smallest absolute Gasteiger partial charge is 0.234 e. The van der Waals surface area contributed by atoms with Gasteiger partial charge in [0.25, 0.3) is 0 Å². The standard InChI is InChI=1S/C15H13FN4O.C14H12FN5/c1-21-14(17)13-11-6-4-8-18-15(11)20(19-13)9-10-5-2-3-7-12(10)16;15-11-6-2-1-4-9(11)8-20-14-10(5-3-7-18-14)12(19-20)13(16)17/h2-8,17H,9H2,1H3;1-7H,8H2,(H3,16,17). The van der Waals surface area contributed by atoms with E-state index < -0.39 is 0 Å². The van der Waals surface area contributed by atoms with E-state index in [4.69, 9.17) is 21.3 Å². The van der Waals surface area contributed by atoms with Gasteiger partial charge in [-0.1, -0.05) is 36.4 Å². The van der Waals surface area contributed by atoms with Crippen molar-refractivity contribution >= 4 is 33.8 Å². The monoisotopic (exact) mass is 553 g/mol. The van der Waals surface area contributed by atoms with Gasteiger partial charge in [-0.2, -0.15) is 10.2 Å². The molecule has 6 aromatic rings. The minimum Gasteiger partial charge on any atom is -0.480 e. The van der Waals surface area contributed by atoms with Gasteiger partial charge in [-0.3, -0.25) is 10.8 Å². The molecular formula is C29H25F2N9O. The Morgan fingerprint density at radius 3 is 1.66 bits per heavy atom. The van der Waals surface area contributed by atoms with E-state index in [1.807, 2.05) is 6.07 Å². The second-order valence-electron chi connectivity index (χ2n) is 8.89. The van der Waals surface area contributed by atoms with Gasteiger partial charge in [-0.15, -0.1) is 0 Å². The molecule has 41 heavy (non-hydrogen) atoms. The molecule has 4 heterocycles. The highest BCUT2D eigenvalue weighted by Crippen LogP contribution is 2.20. The molecule has 206 valence electrons. The Labute approximate surface area is 233 Å². The normalized spacial score (nSPS) is 10.8. The number of nitrogens with two attached hydrogens (primary N) is 1. The zero-order valence-electron chi connectivity index (χ0n) is 21.9. The number of halogens is 2. The predicted octanol–water partition coefficient (Wildman–Crippen LogP) is 4.49. The van der Waals surface area contributed by atoms with E-state index in [0.29, 0.717) is 44.6 Å². The van der Waals surface area contributed by atoms with Crippen LogP contribution in [0.1, 0.15) is 22.5 Å². The van der Waals surface area contributed by atoms with Crippen molar-refractivity contribution < 1.29 is 13.5 Å². The maximum absolute atomic E-state index is 13.8. The van der Waals surface area contributed by atoms with Crippen LogP contribution in [0.15, 0.2) is 85.2 Å². The summed E-state index contributed by atoms with van der Waals surface area (Å²) in [7, 11) is 1.42. The van der Waals surface area contributed by atoms with Crippen LogP contribution < -0.4 is 5.73 Å². The number of aromatic nitrogens is 6. The fraction of sp³-hybridized carbons (Fsp3) is 0.103. The number of rotatable bonds is 6. The number of pyridine rings is 2. The maximum Gasteiger partial charge on any atom is 0.234 e. The van der Waals surface area contributed by atoms with Crippen LogP contribution in [0.2, 0.25) is 0 Å². The minimum atomic E-state index is -0.295. The number of nitrogens with zero attached hydrogens (tertiary/aromatic N) is 6. The summed E-state index contributed by atoms with van der Waals surface area (Å²) in [6.45, 7) is 0.491. The summed E-state index contributed by atoms with van der Waals surface area (Å²) in [5, 5.41) is 25.3. The number of benzene rings is 2. The Bertz CT molecular complexity index is 1880. The average Bonchev–Trinajstić information content (AvgIpc) is 3.54. The number of nitrogens with one attached hydrogen (secondary N) is 2. The van der Waals surface area contributed by atoms with E-state index in [1.54, 1.807) is 76.4 Å². The van der Waals surface area contributed by atoms with Gasteiger partial charge >= 0.3 is 0 Å².